The van der Waals surface area contributed by atoms with Crippen molar-refractivity contribution in [2.45, 2.75) is 25.6 Å². The average Bonchev–Trinajstić information content (AvgIpc) is 3.10. The van der Waals surface area contributed by atoms with Crippen molar-refractivity contribution in [1.29, 1.82) is 0 Å². The minimum absolute atomic E-state index is 0.0817. The molecule has 1 aliphatic heterocycles. The van der Waals surface area contributed by atoms with E-state index < -0.39 is 0 Å². The van der Waals surface area contributed by atoms with Crippen LogP contribution in [0.5, 0.6) is 11.5 Å². The van der Waals surface area contributed by atoms with Gasteiger partial charge in [-0.3, -0.25) is 4.90 Å². The Morgan fingerprint density at radius 2 is 1.79 bits per heavy atom. The zero-order chi connectivity index (χ0) is 19.5. The van der Waals surface area contributed by atoms with Crippen LogP contribution in [0.3, 0.4) is 0 Å². The second-order valence-electron chi connectivity index (χ2n) is 7.06. The first kappa shape index (κ1) is 18.9. The molecule has 0 amide bonds. The molecule has 28 heavy (non-hydrogen) atoms. The highest BCUT2D eigenvalue weighted by molar-refractivity contribution is 6.30. The number of nitrogens with zero attached hydrogens (tertiary/aromatic N) is 2. The van der Waals surface area contributed by atoms with Crippen LogP contribution in [0.1, 0.15) is 29.3 Å². The first-order chi connectivity index (χ1) is 13.7. The molecule has 0 aliphatic carbocycles. The molecule has 0 saturated carbocycles. The molecular weight excluding hydrogens is 372 g/mol. The summed E-state index contributed by atoms with van der Waals surface area (Å²) < 4.78 is 13.7. The summed E-state index contributed by atoms with van der Waals surface area (Å²) in [6, 6.07) is 18.7. The van der Waals surface area contributed by atoms with Gasteiger partial charge in [0, 0.05) is 42.1 Å². The predicted octanol–water partition coefficient (Wildman–Crippen LogP) is 5.15. The number of aromatic nitrogens is 1. The highest BCUT2D eigenvalue weighted by Gasteiger charge is 2.30. The number of aryl methyl sites for hydroxylation is 1. The topological polar surface area (TPSA) is 26.6 Å². The van der Waals surface area contributed by atoms with Crippen LogP contribution in [0.15, 0.2) is 60.8 Å². The van der Waals surface area contributed by atoms with E-state index in [0.29, 0.717) is 0 Å². The first-order valence-corrected chi connectivity index (χ1v) is 9.93. The molecule has 4 nitrogen and oxygen atoms in total. The van der Waals surface area contributed by atoms with E-state index in [0.717, 1.165) is 48.1 Å². The molecule has 1 aliphatic rings. The summed E-state index contributed by atoms with van der Waals surface area (Å²) in [4.78, 5) is 2.51. The van der Waals surface area contributed by atoms with Crippen LogP contribution < -0.4 is 9.47 Å². The van der Waals surface area contributed by atoms with Gasteiger partial charge in [0.15, 0.2) is 11.5 Å². The van der Waals surface area contributed by atoms with E-state index in [1.807, 2.05) is 24.3 Å². The summed E-state index contributed by atoms with van der Waals surface area (Å²) in [6.07, 6.45) is 3.26. The minimum Gasteiger partial charge on any atom is -0.493 e. The first-order valence-electron chi connectivity index (χ1n) is 9.55. The third kappa shape index (κ3) is 3.62. The lowest BCUT2D eigenvalue weighted by molar-refractivity contribution is 0.215. The van der Waals surface area contributed by atoms with Crippen LogP contribution in [-0.4, -0.2) is 30.2 Å². The molecule has 0 fully saturated rings. The molecule has 4 rings (SSSR count). The van der Waals surface area contributed by atoms with E-state index in [1.165, 1.54) is 11.3 Å². The van der Waals surface area contributed by atoms with Crippen molar-refractivity contribution in [2.24, 2.45) is 0 Å². The molecule has 0 spiro atoms. The summed E-state index contributed by atoms with van der Waals surface area (Å²) in [5.41, 5.74) is 3.65. The number of methoxy groups -OCH3 is 2. The van der Waals surface area contributed by atoms with Crippen LogP contribution in [0.2, 0.25) is 5.02 Å². The molecule has 1 aromatic heterocycles. The summed E-state index contributed by atoms with van der Waals surface area (Å²) >= 11 is 6.08. The average molecular weight is 397 g/mol. The molecule has 1 atom stereocenters. The minimum atomic E-state index is 0.0817. The second kappa shape index (κ2) is 8.29. The van der Waals surface area contributed by atoms with Crippen molar-refractivity contribution in [1.82, 2.24) is 9.47 Å². The maximum absolute atomic E-state index is 6.08. The molecule has 146 valence electrons. The number of halogens is 1. The molecule has 5 heteroatoms. The Labute approximate surface area is 171 Å². The lowest BCUT2D eigenvalue weighted by Gasteiger charge is -2.32. The molecule has 0 N–H and O–H groups in total. The smallest absolute Gasteiger partial charge is 0.165 e. The molecule has 0 bridgehead atoms. The van der Waals surface area contributed by atoms with E-state index in [2.05, 4.69) is 46.0 Å². The maximum Gasteiger partial charge on any atom is 0.165 e. The van der Waals surface area contributed by atoms with Crippen molar-refractivity contribution in [3.05, 3.63) is 82.6 Å². The number of para-hydroxylation sites is 1. The molecule has 1 unspecified atom stereocenters. The quantitative estimate of drug-likeness (QED) is 0.596. The molecular formula is C23H25ClN2O2. The predicted molar refractivity (Wildman–Crippen MR) is 112 cm³/mol. The van der Waals surface area contributed by atoms with Crippen LogP contribution in [0.25, 0.3) is 0 Å². The fourth-order valence-corrected chi connectivity index (χ4v) is 4.24. The van der Waals surface area contributed by atoms with Gasteiger partial charge in [-0.15, -0.1) is 0 Å². The summed E-state index contributed by atoms with van der Waals surface area (Å²) in [6.45, 7) is 2.85. The fraction of sp³-hybridized carbons (Fsp3) is 0.304. The van der Waals surface area contributed by atoms with Gasteiger partial charge in [-0.25, -0.2) is 0 Å². The molecule has 2 heterocycles. The number of fused-ring (bicyclic) bond motifs is 1. The van der Waals surface area contributed by atoms with Crippen molar-refractivity contribution in [3.8, 4) is 11.5 Å². The van der Waals surface area contributed by atoms with Gasteiger partial charge in [0.05, 0.1) is 20.3 Å². The van der Waals surface area contributed by atoms with Crippen molar-refractivity contribution >= 4 is 11.6 Å². The van der Waals surface area contributed by atoms with E-state index in [9.17, 15) is 0 Å². The van der Waals surface area contributed by atoms with Gasteiger partial charge >= 0.3 is 0 Å². The number of rotatable bonds is 5. The zero-order valence-electron chi connectivity index (χ0n) is 16.3. The number of hydrogen-bond donors (Lipinski definition) is 0. The SMILES string of the molecule is COc1cccc(C2c3cccn3CCCN2Cc2ccc(Cl)cc2)c1OC. The lowest BCUT2D eigenvalue weighted by Crippen LogP contribution is -2.29. The van der Waals surface area contributed by atoms with E-state index in [-0.39, 0.29) is 6.04 Å². The van der Waals surface area contributed by atoms with Gasteiger partial charge < -0.3 is 14.0 Å². The summed E-state index contributed by atoms with van der Waals surface area (Å²) in [7, 11) is 3.39. The van der Waals surface area contributed by atoms with Crippen LogP contribution in [-0.2, 0) is 13.1 Å². The zero-order valence-corrected chi connectivity index (χ0v) is 17.0. The van der Waals surface area contributed by atoms with E-state index >= 15 is 0 Å². The molecule has 2 aromatic carbocycles. The Hall–Kier alpha value is -2.43. The van der Waals surface area contributed by atoms with Gasteiger partial charge in [-0.05, 0) is 42.3 Å². The number of benzene rings is 2. The van der Waals surface area contributed by atoms with Gasteiger partial charge in [-0.1, -0.05) is 35.9 Å². The van der Waals surface area contributed by atoms with Crippen molar-refractivity contribution in [3.63, 3.8) is 0 Å². The van der Waals surface area contributed by atoms with Gasteiger partial charge in [0.2, 0.25) is 0 Å². The van der Waals surface area contributed by atoms with Crippen LogP contribution >= 0.6 is 11.6 Å². The molecule has 0 radical (unpaired) electrons. The monoisotopic (exact) mass is 396 g/mol. The third-order valence-corrected chi connectivity index (χ3v) is 5.63. The van der Waals surface area contributed by atoms with Crippen LogP contribution in [0.4, 0.5) is 0 Å². The lowest BCUT2D eigenvalue weighted by atomic mass is 9.99. The van der Waals surface area contributed by atoms with E-state index in [1.54, 1.807) is 14.2 Å². The van der Waals surface area contributed by atoms with Crippen molar-refractivity contribution in [2.75, 3.05) is 20.8 Å². The van der Waals surface area contributed by atoms with E-state index in [4.69, 9.17) is 21.1 Å². The van der Waals surface area contributed by atoms with Gasteiger partial charge in [-0.2, -0.15) is 0 Å². The molecule has 3 aromatic rings. The Morgan fingerprint density at radius 3 is 2.54 bits per heavy atom. The number of ether oxygens (including phenoxy) is 2. The van der Waals surface area contributed by atoms with Crippen molar-refractivity contribution < 1.29 is 9.47 Å². The van der Waals surface area contributed by atoms with Gasteiger partial charge in [0.25, 0.3) is 0 Å². The fourth-order valence-electron chi connectivity index (χ4n) is 4.12. The third-order valence-electron chi connectivity index (χ3n) is 5.38. The largest absolute Gasteiger partial charge is 0.493 e. The Balaban J connectivity index is 1.80. The highest BCUT2D eigenvalue weighted by atomic mass is 35.5. The summed E-state index contributed by atoms with van der Waals surface area (Å²) in [5.74, 6) is 1.56. The van der Waals surface area contributed by atoms with Crippen LogP contribution in [0, 0.1) is 0 Å². The Bertz CT molecular complexity index is 936. The normalized spacial score (nSPS) is 17.0. The standard InChI is InChI=1S/C23H25ClN2O2/c1-27-21-8-3-6-19(23(21)28-2)22-20-7-4-13-25(20)14-5-15-26(22)16-17-9-11-18(24)12-10-17/h3-4,6-13,22H,5,14-16H2,1-2H3. The Morgan fingerprint density at radius 1 is 0.964 bits per heavy atom. The Kier molecular flexibility index (Phi) is 5.60. The molecule has 0 saturated heterocycles. The summed E-state index contributed by atoms with van der Waals surface area (Å²) in [5, 5.41) is 0.763. The number of hydrogen-bond acceptors (Lipinski definition) is 3. The van der Waals surface area contributed by atoms with Gasteiger partial charge in [0.1, 0.15) is 0 Å². The maximum atomic E-state index is 6.08. The second-order valence-corrected chi connectivity index (χ2v) is 7.50. The highest BCUT2D eigenvalue weighted by Crippen LogP contribution is 2.41.